The van der Waals surface area contributed by atoms with Crippen molar-refractivity contribution in [1.29, 1.82) is 0 Å². The number of hydrogen-bond donors (Lipinski definition) is 0. The van der Waals surface area contributed by atoms with Crippen molar-refractivity contribution in [1.82, 2.24) is 0 Å². The Morgan fingerprint density at radius 3 is 1.71 bits per heavy atom. The number of carbonyl (C=O) groups excluding carboxylic acids is 2. The van der Waals surface area contributed by atoms with E-state index in [0.29, 0.717) is 19.1 Å². The van der Waals surface area contributed by atoms with Gasteiger partial charge in [0.2, 0.25) is 0 Å². The van der Waals surface area contributed by atoms with Gasteiger partial charge in [0.25, 0.3) is 0 Å². The van der Waals surface area contributed by atoms with Crippen LogP contribution >= 0.6 is 0 Å². The first kappa shape index (κ1) is 26.2. The van der Waals surface area contributed by atoms with E-state index in [4.69, 9.17) is 9.47 Å². The summed E-state index contributed by atoms with van der Waals surface area (Å²) in [6.45, 7) is 7.28. The Morgan fingerprint density at radius 2 is 1.21 bits per heavy atom. The van der Waals surface area contributed by atoms with Gasteiger partial charge in [0.15, 0.2) is 0 Å². The Labute approximate surface area is 170 Å². The summed E-state index contributed by atoms with van der Waals surface area (Å²) in [5.74, 6) is -0.0946. The van der Waals surface area contributed by atoms with E-state index >= 15 is 0 Å². The van der Waals surface area contributed by atoms with Crippen LogP contribution in [0.5, 0.6) is 0 Å². The first-order valence-electron chi connectivity index (χ1n) is 9.37. The van der Waals surface area contributed by atoms with E-state index in [1.165, 1.54) is 38.5 Å². The molecule has 0 bridgehead atoms. The molecule has 5 heteroatoms. The van der Waals surface area contributed by atoms with E-state index in [2.05, 4.69) is 20.8 Å². The number of ether oxygens (including phenoxy) is 2. The average molecular weight is 352 g/mol. The molecule has 0 atom stereocenters. The molecule has 138 valence electrons. The standard InChI is InChI=1S/C19H36O4.Na.H/c1-4-5-6-7-8-9-10-11-15-22-18(20)12-13-19(21)23-16-14-17(2)3;;/h17H,4-16H2,1-3H3;;. The quantitative estimate of drug-likeness (QED) is 0.249. The third-order valence-electron chi connectivity index (χ3n) is 3.75. The second-order valence-electron chi connectivity index (χ2n) is 6.60. The Morgan fingerprint density at radius 1 is 0.750 bits per heavy atom. The van der Waals surface area contributed by atoms with Crippen LogP contribution in [-0.2, 0) is 19.1 Å². The van der Waals surface area contributed by atoms with Crippen LogP contribution in [0.25, 0.3) is 0 Å². The summed E-state index contributed by atoms with van der Waals surface area (Å²) in [5, 5.41) is 0. The Hall–Kier alpha value is -0.0600. The number of carbonyl (C=O) groups is 2. The Bertz CT molecular complexity index is 306. The molecule has 0 N–H and O–H groups in total. The predicted molar refractivity (Wildman–Crippen MR) is 100 cm³/mol. The Kier molecular flexibility index (Phi) is 21.0. The molecule has 0 aromatic heterocycles. The van der Waals surface area contributed by atoms with E-state index in [-0.39, 0.29) is 54.3 Å². The van der Waals surface area contributed by atoms with Crippen molar-refractivity contribution in [2.45, 2.75) is 91.4 Å². The van der Waals surface area contributed by atoms with Gasteiger partial charge in [-0.1, -0.05) is 65.7 Å². The number of rotatable bonds is 15. The summed E-state index contributed by atoms with van der Waals surface area (Å²) in [7, 11) is 0. The molecule has 0 aliphatic heterocycles. The molecule has 0 aromatic rings. The van der Waals surface area contributed by atoms with Gasteiger partial charge in [-0.05, 0) is 18.8 Å². The second-order valence-corrected chi connectivity index (χ2v) is 6.60. The maximum atomic E-state index is 11.5. The van der Waals surface area contributed by atoms with Crippen LogP contribution in [-0.4, -0.2) is 54.7 Å². The second kappa shape index (κ2) is 19.3. The van der Waals surface area contributed by atoms with E-state index in [0.717, 1.165) is 19.3 Å². The number of hydrogen-bond acceptors (Lipinski definition) is 4. The molecule has 0 aliphatic carbocycles. The van der Waals surface area contributed by atoms with Crippen LogP contribution < -0.4 is 0 Å². The molecule has 0 saturated carbocycles. The van der Waals surface area contributed by atoms with Gasteiger partial charge < -0.3 is 9.47 Å². The van der Waals surface area contributed by atoms with Crippen molar-refractivity contribution < 1.29 is 19.1 Å². The van der Waals surface area contributed by atoms with Crippen molar-refractivity contribution in [2.75, 3.05) is 13.2 Å². The van der Waals surface area contributed by atoms with Gasteiger partial charge in [-0.3, -0.25) is 9.59 Å². The molecular weight excluding hydrogens is 315 g/mol. The Balaban J connectivity index is 0. The minimum atomic E-state index is -0.310. The summed E-state index contributed by atoms with van der Waals surface area (Å²) in [5.41, 5.74) is 0. The van der Waals surface area contributed by atoms with Crippen molar-refractivity contribution in [2.24, 2.45) is 5.92 Å². The predicted octanol–water partition coefficient (Wildman–Crippen LogP) is 4.39. The third-order valence-corrected chi connectivity index (χ3v) is 3.75. The molecule has 0 aliphatic rings. The molecule has 24 heavy (non-hydrogen) atoms. The van der Waals surface area contributed by atoms with Gasteiger partial charge in [-0.15, -0.1) is 0 Å². The molecule has 0 amide bonds. The molecule has 0 fully saturated rings. The van der Waals surface area contributed by atoms with Crippen LogP contribution in [0, 0.1) is 5.92 Å². The van der Waals surface area contributed by atoms with Crippen LogP contribution in [0.4, 0.5) is 0 Å². The van der Waals surface area contributed by atoms with E-state index in [9.17, 15) is 9.59 Å². The summed E-state index contributed by atoms with van der Waals surface area (Å²) in [6, 6.07) is 0. The van der Waals surface area contributed by atoms with E-state index in [1.54, 1.807) is 0 Å². The van der Waals surface area contributed by atoms with Crippen LogP contribution in [0.15, 0.2) is 0 Å². The van der Waals surface area contributed by atoms with Gasteiger partial charge in [-0.25, -0.2) is 0 Å². The monoisotopic (exact) mass is 352 g/mol. The van der Waals surface area contributed by atoms with Crippen molar-refractivity contribution in [3.05, 3.63) is 0 Å². The van der Waals surface area contributed by atoms with Crippen LogP contribution in [0.1, 0.15) is 91.4 Å². The average Bonchev–Trinajstić information content (AvgIpc) is 2.51. The zero-order valence-electron chi connectivity index (χ0n) is 15.4. The number of esters is 2. The molecule has 0 unspecified atom stereocenters. The van der Waals surface area contributed by atoms with E-state index < -0.39 is 0 Å². The summed E-state index contributed by atoms with van der Waals surface area (Å²) in [6.07, 6.45) is 10.9. The first-order valence-corrected chi connectivity index (χ1v) is 9.37. The maximum absolute atomic E-state index is 11.5. The minimum absolute atomic E-state index is 0. The van der Waals surface area contributed by atoms with Crippen molar-refractivity contribution in [3.63, 3.8) is 0 Å². The fraction of sp³-hybridized carbons (Fsp3) is 0.895. The topological polar surface area (TPSA) is 52.6 Å². The fourth-order valence-corrected chi connectivity index (χ4v) is 2.18. The van der Waals surface area contributed by atoms with Gasteiger partial charge in [-0.2, -0.15) is 0 Å². The zero-order valence-corrected chi connectivity index (χ0v) is 15.4. The normalized spacial score (nSPS) is 10.3. The summed E-state index contributed by atoms with van der Waals surface area (Å²) < 4.78 is 10.2. The third kappa shape index (κ3) is 20.0. The molecule has 0 spiro atoms. The van der Waals surface area contributed by atoms with Crippen LogP contribution in [0.2, 0.25) is 0 Å². The SMILES string of the molecule is CCCCCCCCCCOC(=O)CCC(=O)OCCC(C)C.[NaH]. The summed E-state index contributed by atoms with van der Waals surface area (Å²) >= 11 is 0. The van der Waals surface area contributed by atoms with Crippen LogP contribution in [0.3, 0.4) is 0 Å². The van der Waals surface area contributed by atoms with Gasteiger partial charge >= 0.3 is 41.5 Å². The molecule has 0 heterocycles. The molecule has 0 radical (unpaired) electrons. The molecular formula is C19H37NaO4. The fourth-order valence-electron chi connectivity index (χ4n) is 2.18. The van der Waals surface area contributed by atoms with Crippen molar-refractivity contribution >= 4 is 41.5 Å². The zero-order chi connectivity index (χ0) is 17.3. The molecule has 0 rings (SSSR count). The van der Waals surface area contributed by atoms with Gasteiger partial charge in [0.1, 0.15) is 0 Å². The molecule has 0 saturated heterocycles. The molecule has 0 aromatic carbocycles. The van der Waals surface area contributed by atoms with Crippen molar-refractivity contribution in [3.8, 4) is 0 Å². The first-order chi connectivity index (χ1) is 11.1. The summed E-state index contributed by atoms with van der Waals surface area (Å²) in [4.78, 5) is 22.9. The molecule has 4 nitrogen and oxygen atoms in total. The van der Waals surface area contributed by atoms with Gasteiger partial charge in [0.05, 0.1) is 26.1 Å². The number of unbranched alkanes of at least 4 members (excludes halogenated alkanes) is 7. The van der Waals surface area contributed by atoms with Gasteiger partial charge in [0, 0.05) is 0 Å². The van der Waals surface area contributed by atoms with E-state index in [1.807, 2.05) is 0 Å².